The quantitative estimate of drug-likeness (QED) is 0.746. The molecule has 134 valence electrons. The standard InChI is InChI=1S/C18H30N4O2/c1-2-9-19-18(24)21-11-7-16(8-12-21)22-10-3-4-14(13-22)17(23)20-15-5-6-15/h2,14-16H,1,3-13H2,(H,19,24)(H,20,23)/t14-/m0/s1. The first-order valence-electron chi connectivity index (χ1n) is 9.35. The number of carbonyl (C=O) groups excluding carboxylic acids is 2. The van der Waals surface area contributed by atoms with Gasteiger partial charge in [0.05, 0.1) is 5.92 Å². The molecular formula is C18H30N4O2. The van der Waals surface area contributed by atoms with Gasteiger partial charge in [-0.05, 0) is 45.1 Å². The van der Waals surface area contributed by atoms with Crippen molar-refractivity contribution in [1.29, 1.82) is 0 Å². The number of piperidine rings is 2. The van der Waals surface area contributed by atoms with E-state index < -0.39 is 0 Å². The second kappa shape index (κ2) is 8.01. The summed E-state index contributed by atoms with van der Waals surface area (Å²) in [6, 6.07) is 0.962. The topological polar surface area (TPSA) is 64.7 Å². The van der Waals surface area contributed by atoms with E-state index in [4.69, 9.17) is 0 Å². The first-order valence-corrected chi connectivity index (χ1v) is 9.35. The molecule has 1 saturated carbocycles. The maximum absolute atomic E-state index is 12.3. The molecule has 0 unspecified atom stereocenters. The molecule has 1 aliphatic carbocycles. The predicted molar refractivity (Wildman–Crippen MR) is 93.7 cm³/mol. The van der Waals surface area contributed by atoms with Crippen molar-refractivity contribution < 1.29 is 9.59 Å². The zero-order valence-corrected chi connectivity index (χ0v) is 14.5. The average molecular weight is 334 g/mol. The van der Waals surface area contributed by atoms with Gasteiger partial charge in [0.1, 0.15) is 0 Å². The summed E-state index contributed by atoms with van der Waals surface area (Å²) >= 11 is 0. The number of likely N-dealkylation sites (tertiary alicyclic amines) is 2. The number of nitrogens with one attached hydrogen (secondary N) is 2. The van der Waals surface area contributed by atoms with Crippen molar-refractivity contribution in [3.8, 4) is 0 Å². The smallest absolute Gasteiger partial charge is 0.317 e. The van der Waals surface area contributed by atoms with Crippen LogP contribution in [0.25, 0.3) is 0 Å². The largest absolute Gasteiger partial charge is 0.353 e. The molecule has 6 heteroatoms. The Balaban J connectivity index is 1.44. The van der Waals surface area contributed by atoms with E-state index in [1.54, 1.807) is 6.08 Å². The molecule has 6 nitrogen and oxygen atoms in total. The summed E-state index contributed by atoms with van der Waals surface area (Å²) in [5.41, 5.74) is 0. The number of hydrogen-bond acceptors (Lipinski definition) is 3. The molecule has 3 amide bonds. The summed E-state index contributed by atoms with van der Waals surface area (Å²) in [5, 5.41) is 6.00. The maximum Gasteiger partial charge on any atom is 0.317 e. The summed E-state index contributed by atoms with van der Waals surface area (Å²) in [6.07, 6.45) is 8.10. The van der Waals surface area contributed by atoms with E-state index in [0.29, 0.717) is 18.6 Å². The van der Waals surface area contributed by atoms with Crippen molar-refractivity contribution in [2.45, 2.75) is 50.6 Å². The van der Waals surface area contributed by atoms with E-state index >= 15 is 0 Å². The molecule has 0 radical (unpaired) electrons. The van der Waals surface area contributed by atoms with Gasteiger partial charge >= 0.3 is 6.03 Å². The summed E-state index contributed by atoms with van der Waals surface area (Å²) in [7, 11) is 0. The van der Waals surface area contributed by atoms with Gasteiger partial charge in [0.2, 0.25) is 5.91 Å². The van der Waals surface area contributed by atoms with Gasteiger partial charge in [-0.1, -0.05) is 6.08 Å². The fourth-order valence-corrected chi connectivity index (χ4v) is 3.80. The Kier molecular flexibility index (Phi) is 5.76. The van der Waals surface area contributed by atoms with Gasteiger partial charge in [-0.15, -0.1) is 6.58 Å². The highest BCUT2D eigenvalue weighted by molar-refractivity contribution is 5.79. The Hall–Kier alpha value is -1.56. The predicted octanol–water partition coefficient (Wildman–Crippen LogP) is 1.34. The van der Waals surface area contributed by atoms with Gasteiger partial charge in [0.15, 0.2) is 0 Å². The second-order valence-corrected chi connectivity index (χ2v) is 7.31. The molecule has 3 rings (SSSR count). The Morgan fingerprint density at radius 2 is 1.83 bits per heavy atom. The van der Waals surface area contributed by atoms with Crippen molar-refractivity contribution in [2.24, 2.45) is 5.92 Å². The third kappa shape index (κ3) is 4.50. The Morgan fingerprint density at radius 1 is 1.08 bits per heavy atom. The van der Waals surface area contributed by atoms with Crippen LogP contribution in [0.2, 0.25) is 0 Å². The molecule has 0 bridgehead atoms. The number of carbonyl (C=O) groups is 2. The molecule has 0 aromatic carbocycles. The van der Waals surface area contributed by atoms with Gasteiger partial charge in [0, 0.05) is 38.3 Å². The molecular weight excluding hydrogens is 304 g/mol. The van der Waals surface area contributed by atoms with Crippen LogP contribution in [0.5, 0.6) is 0 Å². The second-order valence-electron chi connectivity index (χ2n) is 7.31. The monoisotopic (exact) mass is 334 g/mol. The fourth-order valence-electron chi connectivity index (χ4n) is 3.80. The number of amides is 3. The number of urea groups is 1. The van der Waals surface area contributed by atoms with E-state index in [9.17, 15) is 9.59 Å². The van der Waals surface area contributed by atoms with E-state index in [0.717, 1.165) is 64.7 Å². The summed E-state index contributed by atoms with van der Waals surface area (Å²) in [5.74, 6) is 0.400. The molecule has 2 heterocycles. The Morgan fingerprint density at radius 3 is 2.50 bits per heavy atom. The van der Waals surface area contributed by atoms with Crippen LogP contribution in [0.15, 0.2) is 12.7 Å². The molecule has 2 N–H and O–H groups in total. The first-order chi connectivity index (χ1) is 11.7. The van der Waals surface area contributed by atoms with Crippen molar-refractivity contribution in [2.75, 3.05) is 32.7 Å². The van der Waals surface area contributed by atoms with Crippen molar-refractivity contribution in [3.63, 3.8) is 0 Å². The number of rotatable bonds is 5. The normalized spacial score (nSPS) is 26.0. The summed E-state index contributed by atoms with van der Waals surface area (Å²) in [4.78, 5) is 28.7. The van der Waals surface area contributed by atoms with Crippen LogP contribution in [0.3, 0.4) is 0 Å². The lowest BCUT2D eigenvalue weighted by Crippen LogP contribution is -2.53. The minimum absolute atomic E-state index is 0.00804. The molecule has 0 spiro atoms. The Bertz CT molecular complexity index is 470. The van der Waals surface area contributed by atoms with Gasteiger partial charge in [-0.2, -0.15) is 0 Å². The van der Waals surface area contributed by atoms with Crippen LogP contribution in [-0.2, 0) is 4.79 Å². The molecule has 0 aromatic heterocycles. The highest BCUT2D eigenvalue weighted by Gasteiger charge is 2.34. The zero-order chi connectivity index (χ0) is 16.9. The minimum Gasteiger partial charge on any atom is -0.353 e. The SMILES string of the molecule is C=CCNC(=O)N1CCC(N2CCC[C@H](C(=O)NC3CC3)C2)CC1. The summed E-state index contributed by atoms with van der Waals surface area (Å²) < 4.78 is 0. The Labute approximate surface area is 144 Å². The lowest BCUT2D eigenvalue weighted by molar-refractivity contribution is -0.127. The lowest BCUT2D eigenvalue weighted by atomic mass is 9.93. The molecule has 1 atom stereocenters. The molecule has 0 aromatic rings. The van der Waals surface area contributed by atoms with Crippen LogP contribution >= 0.6 is 0 Å². The van der Waals surface area contributed by atoms with Crippen LogP contribution in [0.1, 0.15) is 38.5 Å². The molecule has 2 aliphatic heterocycles. The minimum atomic E-state index is 0.00804. The molecule has 24 heavy (non-hydrogen) atoms. The van der Waals surface area contributed by atoms with Crippen LogP contribution in [-0.4, -0.2) is 66.5 Å². The third-order valence-electron chi connectivity index (χ3n) is 5.41. The molecule has 3 aliphatic rings. The first kappa shape index (κ1) is 17.3. The fraction of sp³-hybridized carbons (Fsp3) is 0.778. The third-order valence-corrected chi connectivity index (χ3v) is 5.41. The van der Waals surface area contributed by atoms with E-state index in [1.807, 2.05) is 4.90 Å². The van der Waals surface area contributed by atoms with Crippen molar-refractivity contribution in [1.82, 2.24) is 20.4 Å². The van der Waals surface area contributed by atoms with Crippen molar-refractivity contribution >= 4 is 11.9 Å². The maximum atomic E-state index is 12.3. The molecule has 3 fully saturated rings. The van der Waals surface area contributed by atoms with Gasteiger partial charge in [-0.25, -0.2) is 4.79 Å². The van der Waals surface area contributed by atoms with E-state index in [-0.39, 0.29) is 17.9 Å². The van der Waals surface area contributed by atoms with Crippen molar-refractivity contribution in [3.05, 3.63) is 12.7 Å². The zero-order valence-electron chi connectivity index (χ0n) is 14.5. The summed E-state index contributed by atoms with van der Waals surface area (Å²) in [6.45, 7) is 7.69. The van der Waals surface area contributed by atoms with Gasteiger partial charge in [0.25, 0.3) is 0 Å². The van der Waals surface area contributed by atoms with E-state index in [2.05, 4.69) is 22.1 Å². The van der Waals surface area contributed by atoms with Gasteiger partial charge in [-0.3, -0.25) is 9.69 Å². The van der Waals surface area contributed by atoms with Gasteiger partial charge < -0.3 is 15.5 Å². The average Bonchev–Trinajstić information content (AvgIpc) is 3.44. The number of hydrogen-bond donors (Lipinski definition) is 2. The van der Waals surface area contributed by atoms with E-state index in [1.165, 1.54) is 0 Å². The van der Waals surface area contributed by atoms with Crippen LogP contribution < -0.4 is 10.6 Å². The highest BCUT2D eigenvalue weighted by atomic mass is 16.2. The molecule has 2 saturated heterocycles. The van der Waals surface area contributed by atoms with Crippen LogP contribution in [0.4, 0.5) is 4.79 Å². The lowest BCUT2D eigenvalue weighted by Gasteiger charge is -2.42. The van der Waals surface area contributed by atoms with Crippen LogP contribution in [0, 0.1) is 5.92 Å². The highest BCUT2D eigenvalue weighted by Crippen LogP contribution is 2.25. The number of nitrogens with zero attached hydrogens (tertiary/aromatic N) is 2.